The second kappa shape index (κ2) is 9.01. The first-order chi connectivity index (χ1) is 13.5. The van der Waals surface area contributed by atoms with Gasteiger partial charge in [0, 0.05) is 10.9 Å². The van der Waals surface area contributed by atoms with E-state index in [0.29, 0.717) is 17.0 Å². The molecule has 0 aliphatic rings. The molecule has 1 aromatic heterocycles. The predicted molar refractivity (Wildman–Crippen MR) is 104 cm³/mol. The first-order valence-corrected chi connectivity index (χ1v) is 9.20. The van der Waals surface area contributed by atoms with Crippen LogP contribution in [-0.2, 0) is 16.1 Å². The van der Waals surface area contributed by atoms with Crippen molar-refractivity contribution in [3.8, 4) is 22.1 Å². The van der Waals surface area contributed by atoms with E-state index < -0.39 is 11.9 Å². The molecule has 0 spiro atoms. The maximum atomic E-state index is 12.2. The summed E-state index contributed by atoms with van der Waals surface area (Å²) < 4.78 is 15.7. The molecule has 1 heterocycles. The smallest absolute Gasteiger partial charge is 0.338 e. The van der Waals surface area contributed by atoms with Crippen LogP contribution in [0.1, 0.15) is 16.1 Å². The number of hydrogen-bond acceptors (Lipinski definition) is 7. The van der Waals surface area contributed by atoms with Gasteiger partial charge in [0.1, 0.15) is 23.1 Å². The van der Waals surface area contributed by atoms with Crippen LogP contribution in [0.25, 0.3) is 10.6 Å². The number of methoxy groups -OCH3 is 1. The highest BCUT2D eigenvalue weighted by molar-refractivity contribution is 7.13. The molecule has 28 heavy (non-hydrogen) atoms. The van der Waals surface area contributed by atoms with Crippen LogP contribution in [0.5, 0.6) is 11.5 Å². The van der Waals surface area contributed by atoms with E-state index in [2.05, 4.69) is 4.98 Å². The third kappa shape index (κ3) is 5.08. The summed E-state index contributed by atoms with van der Waals surface area (Å²) in [5.41, 5.74) is 6.99. The average molecular weight is 398 g/mol. The van der Waals surface area contributed by atoms with E-state index in [-0.39, 0.29) is 13.2 Å². The molecular formula is C20H18N2O5S. The van der Waals surface area contributed by atoms with E-state index in [1.807, 2.05) is 29.6 Å². The van der Waals surface area contributed by atoms with Crippen LogP contribution in [0.3, 0.4) is 0 Å². The van der Waals surface area contributed by atoms with Crippen molar-refractivity contribution in [1.29, 1.82) is 0 Å². The lowest BCUT2D eigenvalue weighted by Gasteiger charge is -2.06. The van der Waals surface area contributed by atoms with Gasteiger partial charge in [-0.15, -0.1) is 11.3 Å². The molecule has 0 unspecified atom stereocenters. The molecule has 2 N–H and O–H groups in total. The average Bonchev–Trinajstić information content (AvgIpc) is 3.20. The largest absolute Gasteiger partial charge is 0.497 e. The zero-order valence-corrected chi connectivity index (χ0v) is 15.9. The zero-order valence-electron chi connectivity index (χ0n) is 15.1. The standard InChI is InChI=1S/C20H18N2O5S/c1-25-17-4-2-3-14(9-17)19-22-15(12-28-19)10-27-20(24)13-5-7-16(8-6-13)26-11-18(21)23/h2-9,12H,10-11H2,1H3,(H2,21,23). The summed E-state index contributed by atoms with van der Waals surface area (Å²) >= 11 is 1.47. The molecule has 2 aromatic carbocycles. The lowest BCUT2D eigenvalue weighted by molar-refractivity contribution is -0.119. The van der Waals surface area contributed by atoms with Crippen LogP contribution in [0.2, 0.25) is 0 Å². The number of benzene rings is 2. The minimum Gasteiger partial charge on any atom is -0.497 e. The maximum Gasteiger partial charge on any atom is 0.338 e. The van der Waals surface area contributed by atoms with Gasteiger partial charge in [-0.3, -0.25) is 4.79 Å². The van der Waals surface area contributed by atoms with Crippen molar-refractivity contribution in [2.75, 3.05) is 13.7 Å². The van der Waals surface area contributed by atoms with E-state index in [1.165, 1.54) is 11.3 Å². The molecule has 8 heteroatoms. The predicted octanol–water partition coefficient (Wildman–Crippen LogP) is 3.04. The van der Waals surface area contributed by atoms with Gasteiger partial charge in [0.05, 0.1) is 18.4 Å². The first kappa shape index (κ1) is 19.4. The maximum absolute atomic E-state index is 12.2. The molecule has 0 saturated heterocycles. The van der Waals surface area contributed by atoms with E-state index in [0.717, 1.165) is 16.3 Å². The number of hydrogen-bond donors (Lipinski definition) is 1. The fourth-order valence-electron chi connectivity index (χ4n) is 2.33. The monoisotopic (exact) mass is 398 g/mol. The number of carbonyl (C=O) groups excluding carboxylic acids is 2. The molecule has 0 aliphatic carbocycles. The van der Waals surface area contributed by atoms with Gasteiger partial charge in [-0.2, -0.15) is 0 Å². The number of esters is 1. The topological polar surface area (TPSA) is 101 Å². The lowest BCUT2D eigenvalue weighted by Crippen LogP contribution is -2.20. The van der Waals surface area contributed by atoms with Crippen molar-refractivity contribution >= 4 is 23.2 Å². The Morgan fingerprint density at radius 2 is 1.89 bits per heavy atom. The molecule has 7 nitrogen and oxygen atoms in total. The van der Waals surface area contributed by atoms with Crippen LogP contribution in [0.4, 0.5) is 0 Å². The molecule has 0 saturated carbocycles. The number of carbonyl (C=O) groups is 2. The summed E-state index contributed by atoms with van der Waals surface area (Å²) in [5.74, 6) is 0.152. The summed E-state index contributed by atoms with van der Waals surface area (Å²) in [6.07, 6.45) is 0. The SMILES string of the molecule is COc1cccc(-c2nc(COC(=O)c3ccc(OCC(N)=O)cc3)cs2)c1. The van der Waals surface area contributed by atoms with E-state index in [9.17, 15) is 9.59 Å². The number of thiazole rings is 1. The van der Waals surface area contributed by atoms with Crippen LogP contribution in [0.15, 0.2) is 53.9 Å². The Labute approximate surface area is 165 Å². The molecular weight excluding hydrogens is 380 g/mol. The molecule has 0 fully saturated rings. The second-order valence-corrected chi connectivity index (χ2v) is 6.59. The van der Waals surface area contributed by atoms with Gasteiger partial charge in [-0.05, 0) is 36.4 Å². The van der Waals surface area contributed by atoms with Crippen molar-refractivity contribution in [2.24, 2.45) is 5.73 Å². The second-order valence-electron chi connectivity index (χ2n) is 5.73. The van der Waals surface area contributed by atoms with Gasteiger partial charge < -0.3 is 19.9 Å². The third-order valence-electron chi connectivity index (χ3n) is 3.69. The Morgan fingerprint density at radius 3 is 2.61 bits per heavy atom. The summed E-state index contributed by atoms with van der Waals surface area (Å²) in [7, 11) is 1.61. The van der Waals surface area contributed by atoms with Crippen LogP contribution >= 0.6 is 11.3 Å². The molecule has 0 atom stereocenters. The number of nitrogens with two attached hydrogens (primary N) is 1. The molecule has 0 radical (unpaired) electrons. The number of primary amides is 1. The molecule has 3 aromatic rings. The highest BCUT2D eigenvalue weighted by Crippen LogP contribution is 2.27. The Balaban J connectivity index is 1.57. The number of nitrogens with zero attached hydrogens (tertiary/aromatic N) is 1. The normalized spacial score (nSPS) is 10.3. The summed E-state index contributed by atoms with van der Waals surface area (Å²) in [6, 6.07) is 13.9. The zero-order chi connectivity index (χ0) is 19.9. The minimum atomic E-state index is -0.569. The van der Waals surface area contributed by atoms with Gasteiger partial charge in [0.2, 0.25) is 0 Å². The van der Waals surface area contributed by atoms with Crippen molar-refractivity contribution < 1.29 is 23.8 Å². The molecule has 3 rings (SSSR count). The minimum absolute atomic E-state index is 0.0687. The Hall–Kier alpha value is -3.39. The highest BCUT2D eigenvalue weighted by Gasteiger charge is 2.11. The molecule has 144 valence electrons. The third-order valence-corrected chi connectivity index (χ3v) is 4.63. The van der Waals surface area contributed by atoms with Crippen LogP contribution in [-0.4, -0.2) is 30.6 Å². The van der Waals surface area contributed by atoms with E-state index in [1.54, 1.807) is 31.4 Å². The summed E-state index contributed by atoms with van der Waals surface area (Å²) in [5, 5.41) is 2.67. The van der Waals surface area contributed by atoms with Gasteiger partial charge in [0.15, 0.2) is 6.61 Å². The van der Waals surface area contributed by atoms with Crippen molar-refractivity contribution in [3.63, 3.8) is 0 Å². The number of ether oxygens (including phenoxy) is 3. The number of rotatable bonds is 8. The fourth-order valence-corrected chi connectivity index (χ4v) is 3.13. The highest BCUT2D eigenvalue weighted by atomic mass is 32.1. The van der Waals surface area contributed by atoms with Gasteiger partial charge in [-0.25, -0.2) is 9.78 Å². The molecule has 0 aliphatic heterocycles. The Morgan fingerprint density at radius 1 is 1.11 bits per heavy atom. The van der Waals surface area contributed by atoms with Gasteiger partial charge in [0.25, 0.3) is 5.91 Å². The van der Waals surface area contributed by atoms with Crippen molar-refractivity contribution in [3.05, 3.63) is 65.2 Å². The van der Waals surface area contributed by atoms with Crippen molar-refractivity contribution in [1.82, 2.24) is 4.98 Å². The van der Waals surface area contributed by atoms with E-state index in [4.69, 9.17) is 19.9 Å². The molecule has 0 bridgehead atoms. The first-order valence-electron chi connectivity index (χ1n) is 8.32. The quantitative estimate of drug-likeness (QED) is 0.585. The van der Waals surface area contributed by atoms with E-state index >= 15 is 0 Å². The van der Waals surface area contributed by atoms with Gasteiger partial charge in [-0.1, -0.05) is 12.1 Å². The lowest BCUT2D eigenvalue weighted by atomic mass is 10.2. The Kier molecular flexibility index (Phi) is 6.23. The number of aromatic nitrogens is 1. The van der Waals surface area contributed by atoms with Crippen LogP contribution in [0, 0.1) is 0 Å². The summed E-state index contributed by atoms with van der Waals surface area (Å²) in [4.78, 5) is 27.4. The number of amides is 1. The summed E-state index contributed by atoms with van der Waals surface area (Å²) in [6.45, 7) is -0.150. The van der Waals surface area contributed by atoms with Gasteiger partial charge >= 0.3 is 5.97 Å². The Bertz CT molecular complexity index is 969. The molecule has 1 amide bonds. The van der Waals surface area contributed by atoms with Crippen LogP contribution < -0.4 is 15.2 Å². The van der Waals surface area contributed by atoms with Crippen molar-refractivity contribution in [2.45, 2.75) is 6.61 Å². The fraction of sp³-hybridized carbons (Fsp3) is 0.150.